The van der Waals surface area contributed by atoms with Crippen LogP contribution in [0.2, 0.25) is 5.02 Å². The Bertz CT molecular complexity index is 1140. The summed E-state index contributed by atoms with van der Waals surface area (Å²) < 4.78 is 19.1. The van der Waals surface area contributed by atoms with Crippen molar-refractivity contribution in [3.8, 4) is 11.5 Å². The predicted octanol–water partition coefficient (Wildman–Crippen LogP) is 6.07. The highest BCUT2D eigenvalue weighted by Crippen LogP contribution is 2.33. The van der Waals surface area contributed by atoms with Gasteiger partial charge in [-0.25, -0.2) is 4.39 Å². The van der Waals surface area contributed by atoms with Crippen molar-refractivity contribution < 1.29 is 18.7 Å². The molecule has 1 aliphatic rings. The second-order valence-corrected chi connectivity index (χ2v) is 8.55. The van der Waals surface area contributed by atoms with Crippen LogP contribution in [0.25, 0.3) is 0 Å². The molecule has 1 aliphatic heterocycles. The second kappa shape index (κ2) is 10.0. The Morgan fingerprint density at radius 1 is 1.00 bits per heavy atom. The lowest BCUT2D eigenvalue weighted by atomic mass is 9.95. The Kier molecular flexibility index (Phi) is 6.94. The number of carbonyl (C=O) groups is 2. The number of halogens is 2. The zero-order chi connectivity index (χ0) is 23.4. The molecule has 1 heterocycles. The molecule has 7 heteroatoms. The van der Waals surface area contributed by atoms with Gasteiger partial charge < -0.3 is 15.0 Å². The van der Waals surface area contributed by atoms with Gasteiger partial charge in [-0.3, -0.25) is 9.59 Å². The lowest BCUT2D eigenvalue weighted by Crippen LogP contribution is -2.41. The highest BCUT2D eigenvalue weighted by atomic mass is 35.5. The lowest BCUT2D eigenvalue weighted by molar-refractivity contribution is -0.121. The first-order valence-corrected chi connectivity index (χ1v) is 11.2. The van der Waals surface area contributed by atoms with E-state index < -0.39 is 0 Å². The van der Waals surface area contributed by atoms with Crippen molar-refractivity contribution in [2.45, 2.75) is 19.8 Å². The molecule has 33 heavy (non-hydrogen) atoms. The molecule has 2 amide bonds. The fraction of sp³-hybridized carbons (Fsp3) is 0.231. The number of rotatable bonds is 5. The number of hydrogen-bond acceptors (Lipinski definition) is 3. The number of ether oxygens (including phenoxy) is 1. The van der Waals surface area contributed by atoms with Crippen LogP contribution >= 0.6 is 11.6 Å². The van der Waals surface area contributed by atoms with Crippen molar-refractivity contribution in [2.75, 3.05) is 18.4 Å². The minimum Gasteiger partial charge on any atom is -0.455 e. The molecule has 4 rings (SSSR count). The summed E-state index contributed by atoms with van der Waals surface area (Å²) in [7, 11) is 0. The molecule has 0 radical (unpaired) electrons. The van der Waals surface area contributed by atoms with Crippen LogP contribution in [0.1, 0.15) is 28.8 Å². The average Bonchev–Trinajstić information content (AvgIpc) is 2.82. The van der Waals surface area contributed by atoms with E-state index in [0.717, 1.165) is 5.56 Å². The molecule has 0 aliphatic carbocycles. The van der Waals surface area contributed by atoms with Crippen LogP contribution in [-0.4, -0.2) is 29.8 Å². The third kappa shape index (κ3) is 5.71. The van der Waals surface area contributed by atoms with E-state index in [9.17, 15) is 14.0 Å². The van der Waals surface area contributed by atoms with Crippen molar-refractivity contribution in [1.82, 2.24) is 4.90 Å². The van der Waals surface area contributed by atoms with E-state index in [-0.39, 0.29) is 23.5 Å². The quantitative estimate of drug-likeness (QED) is 0.496. The zero-order valence-corrected chi connectivity index (χ0v) is 18.9. The van der Waals surface area contributed by atoms with Gasteiger partial charge in [0, 0.05) is 29.6 Å². The van der Waals surface area contributed by atoms with Gasteiger partial charge in [0.05, 0.1) is 5.69 Å². The standard InChI is InChI=1S/C26H24ClFN2O3/c1-17-2-9-22(10-3-17)33-24-11-6-20(27)16-23(24)29-25(31)18-12-14-30(15-13-18)26(32)19-4-7-21(28)8-5-19/h2-11,16,18H,12-15H2,1H3,(H,29,31). The summed E-state index contributed by atoms with van der Waals surface area (Å²) in [5.74, 6) is 0.242. The van der Waals surface area contributed by atoms with Crippen LogP contribution in [0.5, 0.6) is 11.5 Å². The third-order valence-electron chi connectivity index (χ3n) is 5.69. The van der Waals surface area contributed by atoms with E-state index >= 15 is 0 Å². The number of nitrogens with zero attached hydrogens (tertiary/aromatic N) is 1. The number of hydrogen-bond donors (Lipinski definition) is 1. The van der Waals surface area contributed by atoms with Gasteiger partial charge in [-0.2, -0.15) is 0 Å². The molecule has 5 nitrogen and oxygen atoms in total. The van der Waals surface area contributed by atoms with Gasteiger partial charge in [0.25, 0.3) is 5.91 Å². The Morgan fingerprint density at radius 3 is 2.33 bits per heavy atom. The molecule has 0 spiro atoms. The molecule has 0 bridgehead atoms. The molecular formula is C26H24ClFN2O3. The van der Waals surface area contributed by atoms with Gasteiger partial charge in [-0.15, -0.1) is 0 Å². The lowest BCUT2D eigenvalue weighted by Gasteiger charge is -2.31. The molecule has 0 saturated carbocycles. The molecular weight excluding hydrogens is 443 g/mol. The predicted molar refractivity (Wildman–Crippen MR) is 126 cm³/mol. The Morgan fingerprint density at radius 2 is 1.67 bits per heavy atom. The van der Waals surface area contributed by atoms with Crippen molar-refractivity contribution in [1.29, 1.82) is 0 Å². The number of amides is 2. The maximum Gasteiger partial charge on any atom is 0.253 e. The molecule has 3 aromatic carbocycles. The highest BCUT2D eigenvalue weighted by Gasteiger charge is 2.28. The topological polar surface area (TPSA) is 58.6 Å². The maximum absolute atomic E-state index is 13.1. The second-order valence-electron chi connectivity index (χ2n) is 8.12. The summed E-state index contributed by atoms with van der Waals surface area (Å²) in [6, 6.07) is 18.2. The maximum atomic E-state index is 13.1. The van der Waals surface area contributed by atoms with E-state index in [4.69, 9.17) is 16.3 Å². The first kappa shape index (κ1) is 22.8. The zero-order valence-electron chi connectivity index (χ0n) is 18.2. The number of anilines is 1. The minimum atomic E-state index is -0.381. The fourth-order valence-electron chi connectivity index (χ4n) is 3.78. The normalized spacial score (nSPS) is 14.1. The van der Waals surface area contributed by atoms with Crippen molar-refractivity contribution >= 4 is 29.1 Å². The summed E-state index contributed by atoms with van der Waals surface area (Å²) in [5.41, 5.74) is 2.06. The van der Waals surface area contributed by atoms with Crippen molar-refractivity contribution in [2.24, 2.45) is 5.92 Å². The van der Waals surface area contributed by atoms with E-state index in [1.165, 1.54) is 24.3 Å². The number of benzene rings is 3. The number of nitrogens with one attached hydrogen (secondary N) is 1. The first-order valence-electron chi connectivity index (χ1n) is 10.8. The molecule has 3 aromatic rings. The van der Waals surface area contributed by atoms with Crippen molar-refractivity contribution in [3.05, 3.63) is 88.7 Å². The van der Waals surface area contributed by atoms with Crippen LogP contribution in [0, 0.1) is 18.7 Å². The third-order valence-corrected chi connectivity index (χ3v) is 5.93. The Hall–Kier alpha value is -3.38. The van der Waals surface area contributed by atoms with E-state index in [1.54, 1.807) is 23.1 Å². The largest absolute Gasteiger partial charge is 0.455 e. The van der Waals surface area contributed by atoms with E-state index in [1.807, 2.05) is 31.2 Å². The van der Waals surface area contributed by atoms with Crippen LogP contribution in [0.15, 0.2) is 66.7 Å². The number of aryl methyl sites for hydroxylation is 1. The molecule has 170 valence electrons. The van der Waals surface area contributed by atoms with Crippen LogP contribution in [0.3, 0.4) is 0 Å². The van der Waals surface area contributed by atoms with Gasteiger partial charge >= 0.3 is 0 Å². The Balaban J connectivity index is 1.39. The van der Waals surface area contributed by atoms with E-state index in [0.29, 0.717) is 53.7 Å². The summed E-state index contributed by atoms with van der Waals surface area (Å²) >= 11 is 6.16. The molecule has 0 unspecified atom stereocenters. The molecule has 1 N–H and O–H groups in total. The summed E-state index contributed by atoms with van der Waals surface area (Å²) in [6.07, 6.45) is 1.07. The fourth-order valence-corrected chi connectivity index (χ4v) is 3.95. The van der Waals surface area contributed by atoms with Gasteiger partial charge in [-0.05, 0) is 74.4 Å². The molecule has 0 aromatic heterocycles. The van der Waals surface area contributed by atoms with Crippen molar-refractivity contribution in [3.63, 3.8) is 0 Å². The number of likely N-dealkylation sites (tertiary alicyclic amines) is 1. The molecule has 1 fully saturated rings. The highest BCUT2D eigenvalue weighted by molar-refractivity contribution is 6.31. The molecule has 0 atom stereocenters. The average molecular weight is 467 g/mol. The summed E-state index contributed by atoms with van der Waals surface area (Å²) in [4.78, 5) is 27.3. The van der Waals surface area contributed by atoms with Gasteiger partial charge in [0.2, 0.25) is 5.91 Å². The van der Waals surface area contributed by atoms with Gasteiger partial charge in [-0.1, -0.05) is 29.3 Å². The Labute approximate surface area is 197 Å². The summed E-state index contributed by atoms with van der Waals surface area (Å²) in [5, 5.41) is 3.43. The minimum absolute atomic E-state index is 0.139. The number of carbonyl (C=O) groups excluding carboxylic acids is 2. The van der Waals surface area contributed by atoms with Crippen LogP contribution < -0.4 is 10.1 Å². The van der Waals surface area contributed by atoms with E-state index in [2.05, 4.69) is 5.32 Å². The summed E-state index contributed by atoms with van der Waals surface area (Å²) in [6.45, 7) is 2.91. The molecule has 1 saturated heterocycles. The van der Waals surface area contributed by atoms with Crippen LogP contribution in [0.4, 0.5) is 10.1 Å². The monoisotopic (exact) mass is 466 g/mol. The number of piperidine rings is 1. The smallest absolute Gasteiger partial charge is 0.253 e. The van der Waals surface area contributed by atoms with Gasteiger partial charge in [0.15, 0.2) is 5.75 Å². The SMILES string of the molecule is Cc1ccc(Oc2ccc(Cl)cc2NC(=O)C2CCN(C(=O)c3ccc(F)cc3)CC2)cc1. The first-order chi connectivity index (χ1) is 15.9. The van der Waals surface area contributed by atoms with Gasteiger partial charge in [0.1, 0.15) is 11.6 Å². The van der Waals surface area contributed by atoms with Crippen LogP contribution in [-0.2, 0) is 4.79 Å².